The summed E-state index contributed by atoms with van der Waals surface area (Å²) in [5.41, 5.74) is 0.270. The third kappa shape index (κ3) is 5.24. The molecule has 20 heavy (non-hydrogen) atoms. The third-order valence-electron chi connectivity index (χ3n) is 2.86. The highest BCUT2D eigenvalue weighted by Gasteiger charge is 2.22. The minimum absolute atomic E-state index is 0.215. The van der Waals surface area contributed by atoms with Crippen LogP contribution in [0.2, 0.25) is 0 Å². The van der Waals surface area contributed by atoms with E-state index in [1.165, 1.54) is 11.8 Å². The number of carbonyl (C=O) groups is 1. The Hall–Kier alpha value is -1.51. The number of nitriles is 1. The highest BCUT2D eigenvalue weighted by molar-refractivity contribution is 7.99. The van der Waals surface area contributed by atoms with E-state index in [9.17, 15) is 9.90 Å². The van der Waals surface area contributed by atoms with Gasteiger partial charge in [0, 0.05) is 17.0 Å². The lowest BCUT2D eigenvalue weighted by Gasteiger charge is -2.25. The quantitative estimate of drug-likeness (QED) is 0.818. The Morgan fingerprint density at radius 1 is 1.50 bits per heavy atom. The number of hydrogen-bond acceptors (Lipinski definition) is 4. The molecule has 4 nitrogen and oxygen atoms in total. The van der Waals surface area contributed by atoms with E-state index in [2.05, 4.69) is 11.4 Å². The maximum atomic E-state index is 12.0. The standard InChI is InChI=1S/C15H20N2O2S/c1-15(2,3)13(18)10-17-14(19)11-5-4-6-12(9-11)20-8-7-16/h4-6,9,13,18H,8,10H2,1-3H3,(H,17,19). The third-order valence-corrected chi connectivity index (χ3v) is 3.72. The highest BCUT2D eigenvalue weighted by atomic mass is 32.2. The molecule has 0 saturated carbocycles. The molecule has 0 aromatic heterocycles. The highest BCUT2D eigenvalue weighted by Crippen LogP contribution is 2.20. The molecule has 1 unspecified atom stereocenters. The summed E-state index contributed by atoms with van der Waals surface area (Å²) in [6.07, 6.45) is -0.595. The van der Waals surface area contributed by atoms with Crippen molar-refractivity contribution in [2.75, 3.05) is 12.3 Å². The van der Waals surface area contributed by atoms with Gasteiger partial charge in [-0.15, -0.1) is 11.8 Å². The molecular formula is C15H20N2O2S. The summed E-state index contributed by atoms with van der Waals surface area (Å²) in [5.74, 6) is 0.140. The van der Waals surface area contributed by atoms with Crippen molar-refractivity contribution in [2.45, 2.75) is 31.8 Å². The second kappa shape index (κ2) is 7.32. The number of hydrogen-bond donors (Lipinski definition) is 2. The topological polar surface area (TPSA) is 73.1 Å². The minimum Gasteiger partial charge on any atom is -0.391 e. The van der Waals surface area contributed by atoms with Crippen LogP contribution < -0.4 is 5.32 Å². The van der Waals surface area contributed by atoms with Crippen LogP contribution in [0.4, 0.5) is 0 Å². The predicted octanol–water partition coefficient (Wildman–Crippen LogP) is 2.44. The van der Waals surface area contributed by atoms with Crippen LogP contribution in [0, 0.1) is 16.7 Å². The van der Waals surface area contributed by atoms with E-state index in [1.807, 2.05) is 26.8 Å². The van der Waals surface area contributed by atoms with Crippen molar-refractivity contribution in [3.63, 3.8) is 0 Å². The van der Waals surface area contributed by atoms with Gasteiger partial charge in [-0.05, 0) is 23.6 Å². The lowest BCUT2D eigenvalue weighted by molar-refractivity contribution is 0.0587. The fourth-order valence-corrected chi connectivity index (χ4v) is 2.06. The van der Waals surface area contributed by atoms with Crippen LogP contribution in [0.15, 0.2) is 29.2 Å². The first kappa shape index (κ1) is 16.5. The Balaban J connectivity index is 2.62. The van der Waals surface area contributed by atoms with Gasteiger partial charge in [-0.1, -0.05) is 26.8 Å². The fourth-order valence-electron chi connectivity index (χ4n) is 1.44. The summed E-state index contributed by atoms with van der Waals surface area (Å²) < 4.78 is 0. The summed E-state index contributed by atoms with van der Waals surface area (Å²) in [5, 5.41) is 21.2. The van der Waals surface area contributed by atoms with Crippen LogP contribution in [0.3, 0.4) is 0 Å². The number of aliphatic hydroxyl groups is 1. The van der Waals surface area contributed by atoms with E-state index >= 15 is 0 Å². The Labute approximate surface area is 124 Å². The number of aliphatic hydroxyl groups excluding tert-OH is 1. The molecule has 1 aromatic carbocycles. The number of rotatable bonds is 5. The number of benzene rings is 1. The average Bonchev–Trinajstić information content (AvgIpc) is 2.41. The molecule has 1 atom stereocenters. The molecule has 5 heteroatoms. The molecule has 0 aliphatic rings. The number of thioether (sulfide) groups is 1. The van der Waals surface area contributed by atoms with Gasteiger partial charge >= 0.3 is 0 Å². The van der Waals surface area contributed by atoms with Gasteiger partial charge in [0.15, 0.2) is 0 Å². The van der Waals surface area contributed by atoms with Crippen LogP contribution in [0.5, 0.6) is 0 Å². The van der Waals surface area contributed by atoms with Crippen molar-refractivity contribution in [2.24, 2.45) is 5.41 Å². The Morgan fingerprint density at radius 3 is 2.80 bits per heavy atom. The first-order chi connectivity index (χ1) is 9.34. The molecule has 0 saturated heterocycles. The van der Waals surface area contributed by atoms with Crippen molar-refractivity contribution in [1.29, 1.82) is 5.26 Å². The first-order valence-electron chi connectivity index (χ1n) is 6.40. The number of nitrogens with zero attached hydrogens (tertiary/aromatic N) is 1. The molecule has 1 amide bonds. The van der Waals surface area contributed by atoms with Crippen molar-refractivity contribution < 1.29 is 9.90 Å². The van der Waals surface area contributed by atoms with Crippen molar-refractivity contribution in [3.8, 4) is 6.07 Å². The Morgan fingerprint density at radius 2 is 2.20 bits per heavy atom. The van der Waals surface area contributed by atoms with Gasteiger partial charge in [0.05, 0.1) is 17.9 Å². The van der Waals surface area contributed by atoms with Crippen LogP contribution in [-0.4, -0.2) is 29.4 Å². The predicted molar refractivity (Wildman–Crippen MR) is 80.6 cm³/mol. The van der Waals surface area contributed by atoms with Crippen LogP contribution >= 0.6 is 11.8 Å². The van der Waals surface area contributed by atoms with Crippen molar-refractivity contribution in [1.82, 2.24) is 5.32 Å². The second-order valence-corrected chi connectivity index (χ2v) is 6.62. The Bertz CT molecular complexity index is 503. The van der Waals surface area contributed by atoms with Gasteiger partial charge in [-0.3, -0.25) is 4.79 Å². The van der Waals surface area contributed by atoms with E-state index < -0.39 is 6.10 Å². The van der Waals surface area contributed by atoms with Gasteiger partial charge in [0.1, 0.15) is 0 Å². The van der Waals surface area contributed by atoms with Crippen LogP contribution in [0.1, 0.15) is 31.1 Å². The van der Waals surface area contributed by atoms with Gasteiger partial charge < -0.3 is 10.4 Å². The van der Waals surface area contributed by atoms with Gasteiger partial charge in [0.25, 0.3) is 5.91 Å². The molecule has 0 spiro atoms. The first-order valence-corrected chi connectivity index (χ1v) is 7.39. The lowest BCUT2D eigenvalue weighted by atomic mass is 9.89. The molecule has 1 rings (SSSR count). The molecule has 0 radical (unpaired) electrons. The summed E-state index contributed by atoms with van der Waals surface area (Å²) >= 11 is 1.39. The molecule has 0 aliphatic carbocycles. The van der Waals surface area contributed by atoms with Crippen LogP contribution in [-0.2, 0) is 0 Å². The summed E-state index contributed by atoms with van der Waals surface area (Å²) in [4.78, 5) is 12.9. The fraction of sp³-hybridized carbons (Fsp3) is 0.467. The van der Waals surface area contributed by atoms with Crippen molar-refractivity contribution >= 4 is 17.7 Å². The Kier molecular flexibility index (Phi) is 6.05. The molecule has 0 fully saturated rings. The lowest BCUT2D eigenvalue weighted by Crippen LogP contribution is -2.39. The number of carbonyl (C=O) groups excluding carboxylic acids is 1. The molecule has 0 bridgehead atoms. The summed E-state index contributed by atoms with van der Waals surface area (Å²) in [7, 11) is 0. The maximum absolute atomic E-state index is 12.0. The van der Waals surface area contributed by atoms with E-state index in [-0.39, 0.29) is 17.9 Å². The maximum Gasteiger partial charge on any atom is 0.251 e. The summed E-state index contributed by atoms with van der Waals surface area (Å²) in [6, 6.07) is 9.17. The minimum atomic E-state index is -0.595. The van der Waals surface area contributed by atoms with E-state index in [1.54, 1.807) is 18.2 Å². The largest absolute Gasteiger partial charge is 0.391 e. The van der Waals surface area contributed by atoms with Crippen molar-refractivity contribution in [3.05, 3.63) is 29.8 Å². The van der Waals surface area contributed by atoms with E-state index in [0.29, 0.717) is 11.3 Å². The summed E-state index contributed by atoms with van der Waals surface area (Å²) in [6.45, 7) is 5.98. The van der Waals surface area contributed by atoms with Gasteiger partial charge in [-0.25, -0.2) is 0 Å². The zero-order chi connectivity index (χ0) is 15.2. The molecule has 1 aromatic rings. The van der Waals surface area contributed by atoms with Gasteiger partial charge in [-0.2, -0.15) is 5.26 Å². The van der Waals surface area contributed by atoms with Gasteiger partial charge in [0.2, 0.25) is 0 Å². The number of amides is 1. The molecule has 0 aliphatic heterocycles. The molecule has 108 valence electrons. The molecule has 2 N–H and O–H groups in total. The van der Waals surface area contributed by atoms with Crippen LogP contribution in [0.25, 0.3) is 0 Å². The average molecular weight is 292 g/mol. The second-order valence-electron chi connectivity index (χ2n) is 5.57. The normalized spacial score (nSPS) is 12.6. The molecular weight excluding hydrogens is 272 g/mol. The zero-order valence-corrected chi connectivity index (χ0v) is 12.8. The SMILES string of the molecule is CC(C)(C)C(O)CNC(=O)c1cccc(SCC#N)c1. The zero-order valence-electron chi connectivity index (χ0n) is 12.0. The van der Waals surface area contributed by atoms with E-state index in [0.717, 1.165) is 4.90 Å². The number of nitrogens with one attached hydrogen (secondary N) is 1. The van der Waals surface area contributed by atoms with E-state index in [4.69, 9.17) is 5.26 Å². The molecule has 0 heterocycles. The monoisotopic (exact) mass is 292 g/mol. The smallest absolute Gasteiger partial charge is 0.251 e.